The van der Waals surface area contributed by atoms with Gasteiger partial charge in [-0.1, -0.05) is 15.9 Å². The minimum atomic E-state index is 0.216. The van der Waals surface area contributed by atoms with Crippen molar-refractivity contribution in [1.82, 2.24) is 0 Å². The van der Waals surface area contributed by atoms with Gasteiger partial charge in [-0.25, -0.2) is 4.99 Å². The number of aliphatic imine (C=N–C) groups is 1. The Balaban J connectivity index is 3.36. The van der Waals surface area contributed by atoms with E-state index in [9.17, 15) is 0 Å². The molecule has 0 fully saturated rings. The van der Waals surface area contributed by atoms with Crippen LogP contribution in [0, 0.1) is 6.92 Å². The molecule has 0 saturated heterocycles. The maximum absolute atomic E-state index is 5.60. The summed E-state index contributed by atoms with van der Waals surface area (Å²) in [6, 6.07) is 1.93. The lowest BCUT2D eigenvalue weighted by Gasteiger charge is -2.08. The van der Waals surface area contributed by atoms with Gasteiger partial charge in [-0.2, -0.15) is 0 Å². The van der Waals surface area contributed by atoms with Gasteiger partial charge in [0.05, 0.1) is 11.6 Å². The summed E-state index contributed by atoms with van der Waals surface area (Å²) in [6.45, 7) is 1.98. The number of hydrogen-bond donors (Lipinski definition) is 1. The van der Waals surface area contributed by atoms with Gasteiger partial charge in [0.15, 0.2) is 0 Å². The Labute approximate surface area is 119 Å². The van der Waals surface area contributed by atoms with Gasteiger partial charge in [0.2, 0.25) is 0 Å². The van der Waals surface area contributed by atoms with E-state index < -0.39 is 0 Å². The molecule has 1 rings (SSSR count). The quantitative estimate of drug-likeness (QED) is 0.428. The van der Waals surface area contributed by atoms with E-state index in [4.69, 9.17) is 17.3 Å². The van der Waals surface area contributed by atoms with Gasteiger partial charge in [-0.3, -0.25) is 0 Å². The van der Waals surface area contributed by atoms with Crippen LogP contribution in [0.1, 0.15) is 5.56 Å². The van der Waals surface area contributed by atoms with E-state index in [0.29, 0.717) is 5.84 Å². The fraction of sp³-hybridized carbons (Fsp3) is 0.222. The molecule has 0 spiro atoms. The van der Waals surface area contributed by atoms with Crippen LogP contribution in [0.2, 0.25) is 0 Å². The minimum absolute atomic E-state index is 0.216. The van der Waals surface area contributed by atoms with Crippen molar-refractivity contribution in [2.24, 2.45) is 10.7 Å². The molecule has 6 heteroatoms. The molecular weight excluding hydrogens is 411 g/mol. The Bertz CT molecular complexity index is 418. The maximum atomic E-state index is 5.60. The normalized spacial score (nSPS) is 11.9. The molecule has 0 saturated carbocycles. The molecule has 0 amide bonds. The standard InChI is InChI=1S/C9H8Br3ClN2/c1-4-5(10)2-6(11)9(8(4)12)15-7(14)3-13/h2H,3H2,1H3,(H2,14,15). The van der Waals surface area contributed by atoms with Crippen LogP contribution in [0.3, 0.4) is 0 Å². The molecule has 2 nitrogen and oxygen atoms in total. The topological polar surface area (TPSA) is 38.4 Å². The lowest BCUT2D eigenvalue weighted by molar-refractivity contribution is 1.33. The summed E-state index contributed by atoms with van der Waals surface area (Å²) in [5.74, 6) is 0.605. The highest BCUT2D eigenvalue weighted by atomic mass is 79.9. The second-order valence-electron chi connectivity index (χ2n) is 2.86. The van der Waals surface area contributed by atoms with E-state index in [0.717, 1.165) is 24.7 Å². The van der Waals surface area contributed by atoms with Crippen LogP contribution in [0.5, 0.6) is 0 Å². The Morgan fingerprint density at radius 1 is 1.40 bits per heavy atom. The van der Waals surface area contributed by atoms with Gasteiger partial charge in [-0.15, -0.1) is 11.6 Å². The average molecular weight is 419 g/mol. The molecule has 1 aromatic carbocycles. The highest BCUT2D eigenvalue weighted by Gasteiger charge is 2.10. The van der Waals surface area contributed by atoms with E-state index >= 15 is 0 Å². The first-order valence-electron chi connectivity index (χ1n) is 4.00. The van der Waals surface area contributed by atoms with E-state index in [1.165, 1.54) is 0 Å². The average Bonchev–Trinajstić information content (AvgIpc) is 2.21. The number of alkyl halides is 1. The van der Waals surface area contributed by atoms with Crippen molar-refractivity contribution in [2.45, 2.75) is 6.92 Å². The summed E-state index contributed by atoms with van der Waals surface area (Å²) in [6.07, 6.45) is 0. The third-order valence-corrected chi connectivity index (χ3v) is 4.44. The molecule has 0 heterocycles. The monoisotopic (exact) mass is 416 g/mol. The molecule has 0 aromatic heterocycles. The molecule has 0 radical (unpaired) electrons. The number of nitrogens with two attached hydrogens (primary N) is 1. The molecule has 82 valence electrons. The second-order valence-corrected chi connectivity index (χ2v) is 5.63. The third-order valence-electron chi connectivity index (χ3n) is 1.77. The number of nitrogens with zero attached hydrogens (tertiary/aromatic N) is 1. The van der Waals surface area contributed by atoms with Gasteiger partial charge >= 0.3 is 0 Å². The van der Waals surface area contributed by atoms with E-state index in [1.807, 2.05) is 13.0 Å². The van der Waals surface area contributed by atoms with Crippen LogP contribution in [-0.2, 0) is 0 Å². The lowest BCUT2D eigenvalue weighted by atomic mass is 10.2. The molecule has 0 aliphatic carbocycles. The van der Waals surface area contributed by atoms with Gasteiger partial charge in [0.1, 0.15) is 5.84 Å². The van der Waals surface area contributed by atoms with Crippen molar-refractivity contribution in [3.05, 3.63) is 25.0 Å². The van der Waals surface area contributed by atoms with Gasteiger partial charge in [0.25, 0.3) is 0 Å². The van der Waals surface area contributed by atoms with Crippen LogP contribution in [-0.4, -0.2) is 11.7 Å². The molecule has 0 aliphatic rings. The molecule has 1 aromatic rings. The smallest absolute Gasteiger partial charge is 0.115 e. The first kappa shape index (κ1) is 13.5. The van der Waals surface area contributed by atoms with E-state index in [2.05, 4.69) is 52.8 Å². The molecule has 0 bridgehead atoms. The Morgan fingerprint density at radius 3 is 2.53 bits per heavy atom. The van der Waals surface area contributed by atoms with Crippen molar-refractivity contribution < 1.29 is 0 Å². The first-order valence-corrected chi connectivity index (χ1v) is 6.91. The van der Waals surface area contributed by atoms with E-state index in [1.54, 1.807) is 0 Å². The third kappa shape index (κ3) is 3.19. The highest BCUT2D eigenvalue weighted by Crippen LogP contribution is 2.39. The largest absolute Gasteiger partial charge is 0.386 e. The number of rotatable bonds is 2. The van der Waals surface area contributed by atoms with Crippen molar-refractivity contribution in [1.29, 1.82) is 0 Å². The first-order chi connectivity index (χ1) is 6.97. The number of amidine groups is 1. The second kappa shape index (κ2) is 5.66. The van der Waals surface area contributed by atoms with Crippen LogP contribution in [0.4, 0.5) is 5.69 Å². The zero-order valence-corrected chi connectivity index (χ0v) is 13.3. The summed E-state index contributed by atoms with van der Waals surface area (Å²) < 4.78 is 2.77. The van der Waals surface area contributed by atoms with Crippen molar-refractivity contribution >= 4 is 70.9 Å². The van der Waals surface area contributed by atoms with E-state index in [-0.39, 0.29) is 5.88 Å². The van der Waals surface area contributed by atoms with Crippen LogP contribution < -0.4 is 5.73 Å². The SMILES string of the molecule is Cc1c(Br)cc(Br)c(N=C(N)CCl)c1Br. The summed E-state index contributed by atoms with van der Waals surface area (Å²) in [4.78, 5) is 4.23. The number of halogens is 4. The van der Waals surface area contributed by atoms with Gasteiger partial charge in [-0.05, 0) is 50.4 Å². The minimum Gasteiger partial charge on any atom is -0.386 e. The van der Waals surface area contributed by atoms with Gasteiger partial charge in [0, 0.05) is 13.4 Å². The number of benzene rings is 1. The zero-order chi connectivity index (χ0) is 11.6. The van der Waals surface area contributed by atoms with Crippen LogP contribution in [0.25, 0.3) is 0 Å². The summed E-state index contributed by atoms with van der Waals surface area (Å²) >= 11 is 15.9. The summed E-state index contributed by atoms with van der Waals surface area (Å²) in [5.41, 5.74) is 7.42. The van der Waals surface area contributed by atoms with Crippen molar-refractivity contribution in [3.63, 3.8) is 0 Å². The fourth-order valence-electron chi connectivity index (χ4n) is 0.951. The predicted octanol–water partition coefficient (Wildman–Crippen LogP) is 4.51. The number of hydrogen-bond acceptors (Lipinski definition) is 1. The van der Waals surface area contributed by atoms with Gasteiger partial charge < -0.3 is 5.73 Å². The molecule has 0 unspecified atom stereocenters. The fourth-order valence-corrected chi connectivity index (χ4v) is 3.31. The predicted molar refractivity (Wildman–Crippen MR) is 76.3 cm³/mol. The van der Waals surface area contributed by atoms with Crippen molar-refractivity contribution in [3.8, 4) is 0 Å². The Kier molecular flexibility index (Phi) is 5.09. The zero-order valence-electron chi connectivity index (χ0n) is 7.82. The van der Waals surface area contributed by atoms with Crippen LogP contribution >= 0.6 is 59.4 Å². The van der Waals surface area contributed by atoms with Crippen molar-refractivity contribution in [2.75, 3.05) is 5.88 Å². The Morgan fingerprint density at radius 2 is 2.00 bits per heavy atom. The highest BCUT2D eigenvalue weighted by molar-refractivity contribution is 9.11. The molecule has 0 atom stereocenters. The molecule has 2 N–H and O–H groups in total. The maximum Gasteiger partial charge on any atom is 0.115 e. The lowest BCUT2D eigenvalue weighted by Crippen LogP contribution is -2.12. The molecule has 15 heavy (non-hydrogen) atoms. The summed E-state index contributed by atoms with van der Waals surface area (Å²) in [5, 5.41) is 0. The van der Waals surface area contributed by atoms with Crippen LogP contribution in [0.15, 0.2) is 24.5 Å². The molecule has 0 aliphatic heterocycles. The Hall–Kier alpha value is 0.420. The molecular formula is C9H8Br3ClN2. The summed E-state index contributed by atoms with van der Waals surface area (Å²) in [7, 11) is 0.